The molecular weight excluding hydrogens is 183 g/mol. The van der Waals surface area contributed by atoms with E-state index < -0.39 is 17.1 Å². The molecule has 0 aromatic carbocycles. The quantitative estimate of drug-likeness (QED) is 0.702. The Labute approximate surface area is 82.5 Å². The van der Waals surface area contributed by atoms with Crippen molar-refractivity contribution in [3.8, 4) is 0 Å². The summed E-state index contributed by atoms with van der Waals surface area (Å²) in [7, 11) is 0. The number of rotatable bonds is 1. The summed E-state index contributed by atoms with van der Waals surface area (Å²) >= 11 is 0. The first-order valence-electron chi connectivity index (χ1n) is 5.44. The minimum Gasteiger partial charge on any atom is -0.481 e. The topological polar surface area (TPSA) is 37.3 Å². The fourth-order valence-corrected chi connectivity index (χ4v) is 4.40. The fraction of sp³-hybridized carbons (Fsp3) is 0.909. The number of carboxylic acids is 1. The van der Waals surface area contributed by atoms with Gasteiger partial charge in [-0.3, -0.25) is 4.79 Å². The Morgan fingerprint density at radius 2 is 1.79 bits per heavy atom. The van der Waals surface area contributed by atoms with Crippen LogP contribution in [0.1, 0.15) is 38.5 Å². The highest BCUT2D eigenvalue weighted by Crippen LogP contribution is 2.62. The second-order valence-corrected chi connectivity index (χ2v) is 5.70. The molecule has 14 heavy (non-hydrogen) atoms. The number of alkyl halides is 1. The maximum Gasteiger partial charge on any atom is 0.309 e. The Bertz CT molecular complexity index is 286. The maximum absolute atomic E-state index is 14.2. The van der Waals surface area contributed by atoms with Gasteiger partial charge in [0.15, 0.2) is 0 Å². The average Bonchev–Trinajstić information content (AvgIpc) is 1.98. The van der Waals surface area contributed by atoms with Crippen molar-refractivity contribution in [2.75, 3.05) is 0 Å². The maximum atomic E-state index is 14.2. The zero-order chi connectivity index (χ0) is 9.97. The Hall–Kier alpha value is -0.600. The van der Waals surface area contributed by atoms with Crippen molar-refractivity contribution in [2.24, 2.45) is 17.3 Å². The molecule has 4 rings (SSSR count). The third kappa shape index (κ3) is 0.984. The zero-order valence-electron chi connectivity index (χ0n) is 8.13. The van der Waals surface area contributed by atoms with Gasteiger partial charge in [0.25, 0.3) is 0 Å². The van der Waals surface area contributed by atoms with Crippen LogP contribution in [0.4, 0.5) is 4.39 Å². The van der Waals surface area contributed by atoms with Crippen LogP contribution in [-0.4, -0.2) is 16.7 Å². The molecule has 4 aliphatic rings. The van der Waals surface area contributed by atoms with E-state index in [0.717, 1.165) is 19.3 Å². The fourth-order valence-electron chi connectivity index (χ4n) is 4.40. The van der Waals surface area contributed by atoms with Gasteiger partial charge in [-0.1, -0.05) is 0 Å². The van der Waals surface area contributed by atoms with E-state index in [2.05, 4.69) is 0 Å². The summed E-state index contributed by atoms with van der Waals surface area (Å²) in [5, 5.41) is 9.23. The molecule has 4 saturated carbocycles. The molecule has 4 aliphatic carbocycles. The van der Waals surface area contributed by atoms with Crippen LogP contribution in [0.5, 0.6) is 0 Å². The lowest BCUT2D eigenvalue weighted by Gasteiger charge is -2.57. The van der Waals surface area contributed by atoms with E-state index in [-0.39, 0.29) is 6.42 Å². The standard InChI is InChI=1S/C11H15FO2/c12-11-4-7-1-8(5-11)3-10(2-7,6-11)9(13)14/h7-8H,1-6H2,(H,13,14)/t7-,8-,10?,11?/m1/s1. The van der Waals surface area contributed by atoms with Gasteiger partial charge in [0, 0.05) is 0 Å². The highest BCUT2D eigenvalue weighted by molar-refractivity contribution is 5.75. The summed E-state index contributed by atoms with van der Waals surface area (Å²) in [6.07, 6.45) is 4.05. The Morgan fingerprint density at radius 3 is 2.21 bits per heavy atom. The van der Waals surface area contributed by atoms with Gasteiger partial charge in [0.05, 0.1) is 5.41 Å². The Morgan fingerprint density at radius 1 is 1.21 bits per heavy atom. The van der Waals surface area contributed by atoms with Gasteiger partial charge in [-0.25, -0.2) is 4.39 Å². The molecule has 0 saturated heterocycles. The molecule has 0 amide bonds. The summed E-state index contributed by atoms with van der Waals surface area (Å²) in [6.45, 7) is 0. The van der Waals surface area contributed by atoms with Crippen LogP contribution in [0.2, 0.25) is 0 Å². The Balaban J connectivity index is 2.00. The van der Waals surface area contributed by atoms with Crippen LogP contribution in [0.15, 0.2) is 0 Å². The molecule has 4 bridgehead atoms. The number of hydrogen-bond donors (Lipinski definition) is 1. The van der Waals surface area contributed by atoms with Crippen molar-refractivity contribution in [3.63, 3.8) is 0 Å². The Kier molecular flexibility index (Phi) is 1.43. The molecule has 0 aromatic heterocycles. The number of halogens is 1. The molecule has 0 radical (unpaired) electrons. The van der Waals surface area contributed by atoms with Crippen molar-refractivity contribution in [1.29, 1.82) is 0 Å². The molecule has 78 valence electrons. The molecular formula is C11H15FO2. The first-order valence-corrected chi connectivity index (χ1v) is 5.44. The lowest BCUT2D eigenvalue weighted by molar-refractivity contribution is -0.177. The van der Waals surface area contributed by atoms with E-state index in [1.165, 1.54) is 0 Å². The van der Waals surface area contributed by atoms with Crippen molar-refractivity contribution in [2.45, 2.75) is 44.2 Å². The number of carboxylic acid groups (broad SMARTS) is 1. The number of hydrogen-bond acceptors (Lipinski definition) is 1. The van der Waals surface area contributed by atoms with Crippen LogP contribution >= 0.6 is 0 Å². The van der Waals surface area contributed by atoms with E-state index in [4.69, 9.17) is 0 Å². The molecule has 2 atom stereocenters. The van der Waals surface area contributed by atoms with E-state index in [1.807, 2.05) is 0 Å². The van der Waals surface area contributed by atoms with Crippen LogP contribution in [0, 0.1) is 17.3 Å². The third-order valence-corrected chi connectivity index (χ3v) is 4.44. The van der Waals surface area contributed by atoms with Crippen molar-refractivity contribution in [3.05, 3.63) is 0 Å². The predicted octanol–water partition coefficient (Wildman–Crippen LogP) is 2.38. The number of aliphatic carboxylic acids is 1. The molecule has 0 heterocycles. The molecule has 0 spiro atoms. The van der Waals surface area contributed by atoms with E-state index in [1.54, 1.807) is 0 Å². The lowest BCUT2D eigenvalue weighted by Crippen LogP contribution is -2.56. The molecule has 2 nitrogen and oxygen atoms in total. The second kappa shape index (κ2) is 2.31. The van der Waals surface area contributed by atoms with E-state index >= 15 is 0 Å². The van der Waals surface area contributed by atoms with Gasteiger partial charge in [0.1, 0.15) is 5.67 Å². The van der Waals surface area contributed by atoms with Crippen LogP contribution in [0.25, 0.3) is 0 Å². The smallest absolute Gasteiger partial charge is 0.309 e. The first kappa shape index (κ1) is 8.69. The average molecular weight is 198 g/mol. The minimum absolute atomic E-state index is 0.280. The molecule has 3 heteroatoms. The summed E-state index contributed by atoms with van der Waals surface area (Å²) in [6, 6.07) is 0. The van der Waals surface area contributed by atoms with Gasteiger partial charge < -0.3 is 5.11 Å². The normalized spacial score (nSPS) is 54.9. The zero-order valence-corrected chi connectivity index (χ0v) is 8.13. The molecule has 1 N–H and O–H groups in total. The lowest BCUT2D eigenvalue weighted by atomic mass is 9.48. The number of carbonyl (C=O) groups is 1. The third-order valence-electron chi connectivity index (χ3n) is 4.44. The molecule has 0 aromatic rings. The van der Waals surface area contributed by atoms with Gasteiger partial charge >= 0.3 is 5.97 Å². The SMILES string of the molecule is O=C(O)C12C[C@H]3C[C@@H](CC(F)(C3)C1)C2. The van der Waals surface area contributed by atoms with Crippen molar-refractivity contribution in [1.82, 2.24) is 0 Å². The van der Waals surface area contributed by atoms with Crippen LogP contribution in [0.3, 0.4) is 0 Å². The van der Waals surface area contributed by atoms with Gasteiger partial charge in [-0.05, 0) is 50.4 Å². The summed E-state index contributed by atoms with van der Waals surface area (Å²) in [4.78, 5) is 11.2. The molecule has 0 aliphatic heterocycles. The van der Waals surface area contributed by atoms with Crippen molar-refractivity contribution >= 4 is 5.97 Å². The summed E-state index contributed by atoms with van der Waals surface area (Å²) in [5.41, 5.74) is -1.83. The summed E-state index contributed by atoms with van der Waals surface area (Å²) in [5.74, 6) is -0.0664. The van der Waals surface area contributed by atoms with Crippen LogP contribution < -0.4 is 0 Å². The summed E-state index contributed by atoms with van der Waals surface area (Å²) < 4.78 is 14.2. The minimum atomic E-state index is -1.14. The highest BCUT2D eigenvalue weighted by Gasteiger charge is 2.61. The first-order chi connectivity index (χ1) is 6.51. The highest BCUT2D eigenvalue weighted by atomic mass is 19.1. The van der Waals surface area contributed by atoms with Crippen molar-refractivity contribution < 1.29 is 14.3 Å². The van der Waals surface area contributed by atoms with Gasteiger partial charge in [-0.2, -0.15) is 0 Å². The largest absolute Gasteiger partial charge is 0.481 e. The van der Waals surface area contributed by atoms with Crippen LogP contribution in [-0.2, 0) is 4.79 Å². The van der Waals surface area contributed by atoms with Gasteiger partial charge in [-0.15, -0.1) is 0 Å². The van der Waals surface area contributed by atoms with E-state index in [9.17, 15) is 14.3 Å². The molecule has 4 fully saturated rings. The predicted molar refractivity (Wildman–Crippen MR) is 48.6 cm³/mol. The van der Waals surface area contributed by atoms with Gasteiger partial charge in [0.2, 0.25) is 0 Å². The van der Waals surface area contributed by atoms with E-state index in [0.29, 0.717) is 24.7 Å². The second-order valence-electron chi connectivity index (χ2n) is 5.70. The monoisotopic (exact) mass is 198 g/mol. The molecule has 0 unspecified atom stereocenters.